The minimum Gasteiger partial charge on any atom is -0.481 e. The van der Waals surface area contributed by atoms with Gasteiger partial charge in [-0.15, -0.1) is 0 Å². The van der Waals surface area contributed by atoms with Gasteiger partial charge in [-0.2, -0.15) is 0 Å². The first-order chi connectivity index (χ1) is 14.0. The van der Waals surface area contributed by atoms with E-state index in [0.717, 1.165) is 50.6 Å². The van der Waals surface area contributed by atoms with Gasteiger partial charge in [0.1, 0.15) is 5.82 Å². The number of carboxylic acids is 1. The van der Waals surface area contributed by atoms with Crippen LogP contribution in [0.25, 0.3) is 0 Å². The van der Waals surface area contributed by atoms with Crippen LogP contribution in [0.2, 0.25) is 0 Å². The summed E-state index contributed by atoms with van der Waals surface area (Å²) in [4.78, 5) is 36.0. The number of unbranched alkanes of at least 4 members (excludes halogenated alkanes) is 3. The summed E-state index contributed by atoms with van der Waals surface area (Å²) in [5, 5.41) is 15.4. The molecule has 1 unspecified atom stereocenters. The van der Waals surface area contributed by atoms with Crippen molar-refractivity contribution in [3.8, 4) is 0 Å². The first-order valence-electron chi connectivity index (χ1n) is 10.6. The molecule has 8 nitrogen and oxygen atoms in total. The predicted molar refractivity (Wildman–Crippen MR) is 110 cm³/mol. The van der Waals surface area contributed by atoms with Crippen LogP contribution in [0.5, 0.6) is 0 Å². The molecule has 0 aromatic carbocycles. The Morgan fingerprint density at radius 3 is 2.59 bits per heavy atom. The molecule has 1 amide bonds. The Kier molecular flexibility index (Phi) is 7.17. The van der Waals surface area contributed by atoms with Crippen LogP contribution in [-0.2, 0) is 9.59 Å². The molecule has 1 aliphatic heterocycles. The number of nitrogens with zero attached hydrogens (tertiary/aromatic N) is 3. The van der Waals surface area contributed by atoms with Gasteiger partial charge in [0.05, 0.1) is 6.42 Å². The molecule has 1 aliphatic carbocycles. The van der Waals surface area contributed by atoms with Crippen molar-refractivity contribution >= 4 is 17.8 Å². The zero-order valence-electron chi connectivity index (χ0n) is 17.1. The Balaban J connectivity index is 1.31. The zero-order valence-corrected chi connectivity index (χ0v) is 17.1. The van der Waals surface area contributed by atoms with Crippen LogP contribution in [0.15, 0.2) is 17.4 Å². The number of carbonyl (C=O) groups excluding carboxylic acids is 1. The Hall–Kier alpha value is -2.51. The number of carbonyl (C=O) groups is 2. The van der Waals surface area contributed by atoms with Crippen molar-refractivity contribution in [2.24, 2.45) is 4.99 Å². The van der Waals surface area contributed by atoms with Crippen LogP contribution in [0.1, 0.15) is 81.5 Å². The van der Waals surface area contributed by atoms with Gasteiger partial charge in [0, 0.05) is 30.9 Å². The van der Waals surface area contributed by atoms with E-state index < -0.39 is 5.97 Å². The molecule has 0 bridgehead atoms. The quantitative estimate of drug-likeness (QED) is 0.519. The second-order valence-corrected chi connectivity index (χ2v) is 8.25. The average molecular weight is 402 g/mol. The van der Waals surface area contributed by atoms with Crippen molar-refractivity contribution in [2.75, 3.05) is 6.54 Å². The first-order valence-corrected chi connectivity index (χ1v) is 10.6. The first kappa shape index (κ1) is 21.2. The molecule has 2 aliphatic rings. The predicted octanol–water partition coefficient (Wildman–Crippen LogP) is 2.68. The van der Waals surface area contributed by atoms with Crippen molar-refractivity contribution in [3.63, 3.8) is 0 Å². The summed E-state index contributed by atoms with van der Waals surface area (Å²) in [6, 6.07) is 0. The highest BCUT2D eigenvalue weighted by Crippen LogP contribution is 2.39. The van der Waals surface area contributed by atoms with Crippen LogP contribution in [0, 0.1) is 6.92 Å². The highest BCUT2D eigenvalue weighted by molar-refractivity contribution is 5.97. The van der Waals surface area contributed by atoms with E-state index >= 15 is 0 Å². The van der Waals surface area contributed by atoms with Gasteiger partial charge >= 0.3 is 5.97 Å². The number of hydrogen-bond acceptors (Lipinski definition) is 6. The molecule has 8 heteroatoms. The van der Waals surface area contributed by atoms with Gasteiger partial charge in [0.25, 0.3) is 0 Å². The molecule has 1 aromatic heterocycles. The molecule has 3 N–H and O–H groups in total. The number of amides is 1. The molecular formula is C21H31N5O3. The maximum absolute atomic E-state index is 12.1. The summed E-state index contributed by atoms with van der Waals surface area (Å²) >= 11 is 0. The normalized spacial score (nSPS) is 17.9. The van der Waals surface area contributed by atoms with Crippen molar-refractivity contribution in [1.82, 2.24) is 20.6 Å². The number of guanidine groups is 1. The smallest absolute Gasteiger partial charge is 0.303 e. The largest absolute Gasteiger partial charge is 0.481 e. The summed E-state index contributed by atoms with van der Waals surface area (Å²) in [5.74, 6) is 0.453. The number of rotatable bonds is 10. The van der Waals surface area contributed by atoms with E-state index in [9.17, 15) is 14.7 Å². The number of aliphatic carboxylic acids is 1. The van der Waals surface area contributed by atoms with Crippen LogP contribution < -0.4 is 10.6 Å². The molecule has 1 fully saturated rings. The zero-order chi connectivity index (χ0) is 20.7. The van der Waals surface area contributed by atoms with E-state index in [-0.39, 0.29) is 23.8 Å². The van der Waals surface area contributed by atoms with Crippen LogP contribution in [0.4, 0.5) is 0 Å². The minimum absolute atomic E-state index is 0.00880. The second kappa shape index (κ2) is 9.80. The van der Waals surface area contributed by atoms with Gasteiger partial charge in [-0.3, -0.25) is 19.9 Å². The number of carboxylic acid groups (broad SMARTS) is 1. The monoisotopic (exact) mass is 401 g/mol. The van der Waals surface area contributed by atoms with Crippen molar-refractivity contribution in [1.29, 1.82) is 0 Å². The molecule has 0 radical (unpaired) electrons. The van der Waals surface area contributed by atoms with E-state index in [1.165, 1.54) is 12.8 Å². The minimum atomic E-state index is -0.806. The van der Waals surface area contributed by atoms with Gasteiger partial charge in [-0.25, -0.2) is 9.97 Å². The number of hydrogen-bond donors (Lipinski definition) is 3. The summed E-state index contributed by atoms with van der Waals surface area (Å²) < 4.78 is 0. The van der Waals surface area contributed by atoms with Gasteiger partial charge in [0.2, 0.25) is 5.91 Å². The third-order valence-electron chi connectivity index (χ3n) is 5.75. The van der Waals surface area contributed by atoms with E-state index in [0.29, 0.717) is 18.2 Å². The summed E-state index contributed by atoms with van der Waals surface area (Å²) in [6.07, 6.45) is 11.9. The van der Waals surface area contributed by atoms with Gasteiger partial charge < -0.3 is 10.4 Å². The fourth-order valence-electron chi connectivity index (χ4n) is 3.77. The molecule has 29 heavy (non-hydrogen) atoms. The van der Waals surface area contributed by atoms with Gasteiger partial charge in [0.15, 0.2) is 5.96 Å². The molecule has 2 heterocycles. The SMILES string of the molecule is Cc1ncc(C(CCCCCCC(=O)NC2=NCCC3(CC3)N2)CC(=O)O)cn1. The summed E-state index contributed by atoms with van der Waals surface area (Å²) in [7, 11) is 0. The number of nitrogens with one attached hydrogen (secondary N) is 2. The van der Waals surface area contributed by atoms with Gasteiger partial charge in [-0.1, -0.05) is 19.3 Å². The highest BCUT2D eigenvalue weighted by Gasteiger charge is 2.44. The standard InChI is InChI=1S/C21H31N5O3/c1-15-23-13-17(14-24-15)16(12-19(28)29)6-4-2-3-5-7-18(27)25-20-22-11-10-21(26-20)8-9-21/h13-14,16H,2-12H2,1H3,(H,28,29)(H2,22,25,26,27). The Bertz CT molecular complexity index is 743. The lowest BCUT2D eigenvalue weighted by molar-refractivity contribution is -0.137. The molecule has 3 rings (SSSR count). The van der Waals surface area contributed by atoms with Gasteiger partial charge in [-0.05, 0) is 50.5 Å². The Labute approximate surface area is 171 Å². The molecule has 1 spiro atoms. The van der Waals surface area contributed by atoms with Crippen LogP contribution in [-0.4, -0.2) is 45.0 Å². The number of aromatic nitrogens is 2. The van der Waals surface area contributed by atoms with Crippen LogP contribution >= 0.6 is 0 Å². The second-order valence-electron chi connectivity index (χ2n) is 8.25. The van der Waals surface area contributed by atoms with Crippen molar-refractivity contribution in [2.45, 2.75) is 82.6 Å². The number of aryl methyl sites for hydroxylation is 1. The molecule has 158 valence electrons. The average Bonchev–Trinajstić information content (AvgIpc) is 3.42. The number of aliphatic imine (C=N–C) groups is 1. The molecule has 0 saturated heterocycles. The molecular weight excluding hydrogens is 370 g/mol. The topological polar surface area (TPSA) is 117 Å². The lowest BCUT2D eigenvalue weighted by Crippen LogP contribution is -2.49. The Morgan fingerprint density at radius 2 is 1.90 bits per heavy atom. The fraction of sp³-hybridized carbons (Fsp3) is 0.667. The van der Waals surface area contributed by atoms with E-state index in [1.54, 1.807) is 12.4 Å². The lowest BCUT2D eigenvalue weighted by atomic mass is 9.92. The maximum Gasteiger partial charge on any atom is 0.303 e. The van der Waals surface area contributed by atoms with Crippen LogP contribution in [0.3, 0.4) is 0 Å². The lowest BCUT2D eigenvalue weighted by Gasteiger charge is -2.24. The summed E-state index contributed by atoms with van der Waals surface area (Å²) in [5.41, 5.74) is 1.09. The molecule has 1 saturated carbocycles. The van der Waals surface area contributed by atoms with Crippen molar-refractivity contribution < 1.29 is 14.7 Å². The molecule has 1 atom stereocenters. The fourth-order valence-corrected chi connectivity index (χ4v) is 3.77. The third kappa shape index (κ3) is 6.80. The highest BCUT2D eigenvalue weighted by atomic mass is 16.4. The van der Waals surface area contributed by atoms with E-state index in [2.05, 4.69) is 25.6 Å². The molecule has 1 aromatic rings. The maximum atomic E-state index is 12.1. The third-order valence-corrected chi connectivity index (χ3v) is 5.75. The Morgan fingerprint density at radius 1 is 1.17 bits per heavy atom. The van der Waals surface area contributed by atoms with E-state index in [4.69, 9.17) is 0 Å². The summed E-state index contributed by atoms with van der Waals surface area (Å²) in [6.45, 7) is 2.60. The van der Waals surface area contributed by atoms with E-state index in [1.807, 2.05) is 6.92 Å². The van der Waals surface area contributed by atoms with Crippen molar-refractivity contribution in [3.05, 3.63) is 23.8 Å².